The number of aromatic nitrogens is 2. The number of methoxy groups -OCH3 is 1. The summed E-state index contributed by atoms with van der Waals surface area (Å²) in [5.74, 6) is 0.240. The zero-order valence-corrected chi connectivity index (χ0v) is 11.7. The molecule has 1 saturated heterocycles. The number of ether oxygens (including phenoxy) is 1. The van der Waals surface area contributed by atoms with Gasteiger partial charge in [-0.2, -0.15) is 4.31 Å². The summed E-state index contributed by atoms with van der Waals surface area (Å²) in [5.41, 5.74) is 5.42. The second kappa shape index (κ2) is 5.47. The van der Waals surface area contributed by atoms with Gasteiger partial charge in [-0.05, 0) is 18.8 Å². The molecule has 7 nitrogen and oxygen atoms in total. The van der Waals surface area contributed by atoms with Crippen LogP contribution >= 0.6 is 11.3 Å². The van der Waals surface area contributed by atoms with Crippen molar-refractivity contribution in [3.05, 3.63) is 0 Å². The van der Waals surface area contributed by atoms with Crippen molar-refractivity contribution in [2.24, 2.45) is 5.92 Å². The zero-order chi connectivity index (χ0) is 13.2. The molecule has 1 fully saturated rings. The predicted molar refractivity (Wildman–Crippen MR) is 67.7 cm³/mol. The first kappa shape index (κ1) is 13.7. The molecular weight excluding hydrogens is 276 g/mol. The summed E-state index contributed by atoms with van der Waals surface area (Å²) in [6.07, 6.45) is 1.82. The van der Waals surface area contributed by atoms with Gasteiger partial charge in [-0.15, -0.1) is 10.2 Å². The fraction of sp³-hybridized carbons (Fsp3) is 0.778. The van der Waals surface area contributed by atoms with Crippen molar-refractivity contribution in [2.75, 3.05) is 32.5 Å². The van der Waals surface area contributed by atoms with E-state index in [0.29, 0.717) is 19.7 Å². The van der Waals surface area contributed by atoms with Crippen LogP contribution in [0.25, 0.3) is 0 Å². The van der Waals surface area contributed by atoms with Gasteiger partial charge in [-0.1, -0.05) is 11.3 Å². The smallest absolute Gasteiger partial charge is 0.272 e. The molecule has 1 aliphatic heterocycles. The third-order valence-electron chi connectivity index (χ3n) is 2.87. The largest absolute Gasteiger partial charge is 0.384 e. The molecule has 0 radical (unpaired) electrons. The summed E-state index contributed by atoms with van der Waals surface area (Å²) >= 11 is 0.898. The van der Waals surface area contributed by atoms with Crippen LogP contribution < -0.4 is 5.73 Å². The lowest BCUT2D eigenvalue weighted by atomic mass is 10.0. The maximum atomic E-state index is 12.3. The minimum absolute atomic E-state index is 0.0296. The Morgan fingerprint density at radius 3 is 2.94 bits per heavy atom. The minimum atomic E-state index is -3.55. The molecule has 0 saturated carbocycles. The molecule has 2 heterocycles. The number of sulfonamides is 1. The first-order chi connectivity index (χ1) is 8.54. The van der Waals surface area contributed by atoms with Gasteiger partial charge in [0.25, 0.3) is 10.0 Å². The summed E-state index contributed by atoms with van der Waals surface area (Å²) in [6, 6.07) is 0. The van der Waals surface area contributed by atoms with Crippen molar-refractivity contribution >= 4 is 26.5 Å². The van der Waals surface area contributed by atoms with Gasteiger partial charge in [0.15, 0.2) is 0 Å². The number of nitrogen functional groups attached to an aromatic ring is 1. The Morgan fingerprint density at radius 2 is 2.33 bits per heavy atom. The monoisotopic (exact) mass is 292 g/mol. The van der Waals surface area contributed by atoms with Crippen LogP contribution in [0, 0.1) is 5.92 Å². The van der Waals surface area contributed by atoms with E-state index in [9.17, 15) is 8.42 Å². The standard InChI is InChI=1S/C9H16N4O3S2/c1-16-6-7-3-2-4-13(5-7)18(14,15)9-12-11-8(10)17-9/h7H,2-6H2,1H3,(H2,10,11). The van der Waals surface area contributed by atoms with Gasteiger partial charge in [-0.25, -0.2) is 8.42 Å². The molecule has 0 aliphatic carbocycles. The Balaban J connectivity index is 2.15. The van der Waals surface area contributed by atoms with E-state index in [1.165, 1.54) is 4.31 Å². The molecule has 18 heavy (non-hydrogen) atoms. The van der Waals surface area contributed by atoms with Crippen molar-refractivity contribution < 1.29 is 13.2 Å². The van der Waals surface area contributed by atoms with Crippen molar-refractivity contribution in [2.45, 2.75) is 17.2 Å². The molecule has 0 spiro atoms. The zero-order valence-electron chi connectivity index (χ0n) is 10.1. The molecule has 0 bridgehead atoms. The molecule has 1 unspecified atom stereocenters. The molecule has 2 rings (SSSR count). The van der Waals surface area contributed by atoms with E-state index < -0.39 is 10.0 Å². The Hall–Kier alpha value is -0.770. The normalized spacial score (nSPS) is 22.2. The number of rotatable bonds is 4. The second-order valence-electron chi connectivity index (χ2n) is 4.23. The van der Waals surface area contributed by atoms with E-state index in [1.54, 1.807) is 7.11 Å². The maximum Gasteiger partial charge on any atom is 0.272 e. The fourth-order valence-corrected chi connectivity index (χ4v) is 4.53. The SMILES string of the molecule is COCC1CCCN(S(=O)(=O)c2nnc(N)s2)C1. The van der Waals surface area contributed by atoms with Crippen LogP contribution in [0.1, 0.15) is 12.8 Å². The van der Waals surface area contributed by atoms with E-state index >= 15 is 0 Å². The summed E-state index contributed by atoms with van der Waals surface area (Å²) in [5, 5.41) is 7.33. The Morgan fingerprint density at radius 1 is 1.56 bits per heavy atom. The van der Waals surface area contributed by atoms with Crippen LogP contribution in [0.5, 0.6) is 0 Å². The number of piperidine rings is 1. The van der Waals surface area contributed by atoms with Crippen molar-refractivity contribution in [3.8, 4) is 0 Å². The van der Waals surface area contributed by atoms with E-state index in [-0.39, 0.29) is 15.4 Å². The quantitative estimate of drug-likeness (QED) is 0.849. The van der Waals surface area contributed by atoms with E-state index in [1.807, 2.05) is 0 Å². The van der Waals surface area contributed by atoms with Crippen LogP contribution in [0.15, 0.2) is 4.34 Å². The van der Waals surface area contributed by atoms with E-state index in [4.69, 9.17) is 10.5 Å². The summed E-state index contributed by atoms with van der Waals surface area (Å²) in [6.45, 7) is 1.56. The van der Waals surface area contributed by atoms with Crippen LogP contribution in [-0.4, -0.2) is 49.7 Å². The lowest BCUT2D eigenvalue weighted by Gasteiger charge is -2.30. The molecule has 1 aliphatic rings. The Kier molecular flexibility index (Phi) is 4.15. The lowest BCUT2D eigenvalue weighted by molar-refractivity contribution is 0.118. The van der Waals surface area contributed by atoms with Gasteiger partial charge in [0.1, 0.15) is 0 Å². The minimum Gasteiger partial charge on any atom is -0.384 e. The number of hydrogen-bond donors (Lipinski definition) is 1. The summed E-state index contributed by atoms with van der Waals surface area (Å²) in [7, 11) is -1.93. The fourth-order valence-electron chi connectivity index (χ4n) is 2.05. The van der Waals surface area contributed by atoms with Crippen LogP contribution in [0.2, 0.25) is 0 Å². The third kappa shape index (κ3) is 2.79. The van der Waals surface area contributed by atoms with Gasteiger partial charge < -0.3 is 10.5 Å². The number of nitrogens with zero attached hydrogens (tertiary/aromatic N) is 3. The highest BCUT2D eigenvalue weighted by atomic mass is 32.2. The highest BCUT2D eigenvalue weighted by Crippen LogP contribution is 2.26. The van der Waals surface area contributed by atoms with Crippen molar-refractivity contribution in [1.29, 1.82) is 0 Å². The number of anilines is 1. The predicted octanol–water partition coefficient (Wildman–Crippen LogP) is 0.167. The highest BCUT2D eigenvalue weighted by Gasteiger charge is 2.32. The van der Waals surface area contributed by atoms with Gasteiger partial charge >= 0.3 is 0 Å². The van der Waals surface area contributed by atoms with Gasteiger partial charge in [0.05, 0.1) is 6.61 Å². The number of hydrogen-bond acceptors (Lipinski definition) is 7. The molecule has 2 N–H and O–H groups in total. The molecule has 0 amide bonds. The van der Waals surface area contributed by atoms with Crippen LogP contribution in [-0.2, 0) is 14.8 Å². The first-order valence-electron chi connectivity index (χ1n) is 5.62. The molecule has 1 atom stereocenters. The van der Waals surface area contributed by atoms with Crippen LogP contribution in [0.4, 0.5) is 5.13 Å². The Labute approximate surface area is 110 Å². The molecule has 102 valence electrons. The van der Waals surface area contributed by atoms with Gasteiger partial charge in [-0.3, -0.25) is 0 Å². The Bertz CT molecular complexity index is 500. The molecule has 1 aromatic rings. The van der Waals surface area contributed by atoms with Gasteiger partial charge in [0.2, 0.25) is 9.47 Å². The second-order valence-corrected chi connectivity index (χ2v) is 7.35. The number of nitrogens with two attached hydrogens (primary N) is 1. The van der Waals surface area contributed by atoms with Crippen LogP contribution in [0.3, 0.4) is 0 Å². The highest BCUT2D eigenvalue weighted by molar-refractivity contribution is 7.91. The molecular formula is C9H16N4O3S2. The lowest BCUT2D eigenvalue weighted by Crippen LogP contribution is -2.41. The average Bonchev–Trinajstić information content (AvgIpc) is 2.77. The topological polar surface area (TPSA) is 98.4 Å². The van der Waals surface area contributed by atoms with Crippen molar-refractivity contribution in [3.63, 3.8) is 0 Å². The summed E-state index contributed by atoms with van der Waals surface area (Å²) in [4.78, 5) is 0. The third-order valence-corrected chi connectivity index (χ3v) is 5.83. The van der Waals surface area contributed by atoms with E-state index in [0.717, 1.165) is 24.2 Å². The molecule has 0 aromatic carbocycles. The van der Waals surface area contributed by atoms with E-state index in [2.05, 4.69) is 10.2 Å². The molecule has 9 heteroatoms. The maximum absolute atomic E-state index is 12.3. The average molecular weight is 292 g/mol. The van der Waals surface area contributed by atoms with Crippen molar-refractivity contribution in [1.82, 2.24) is 14.5 Å². The van der Waals surface area contributed by atoms with Gasteiger partial charge in [0, 0.05) is 20.2 Å². The first-order valence-corrected chi connectivity index (χ1v) is 7.87. The molecule has 1 aromatic heterocycles. The summed E-state index contributed by atoms with van der Waals surface area (Å²) < 4.78 is 31.1.